The maximum absolute atomic E-state index is 15.0. The SMILES string of the molecule is C=CC(=O)N1C[C@H](C)N(C2=N[P@](C)(=O)N(C3C(C)=CC=NC3C(C)C)c3nc(-c4ccccc4F)c(Cl)cc32)C[C@H]1C. The lowest BCUT2D eigenvalue weighted by atomic mass is 9.90. The van der Waals surface area contributed by atoms with E-state index in [0.717, 1.165) is 5.57 Å². The molecule has 0 N–H and O–H groups in total. The second-order valence-electron chi connectivity index (χ2n) is 11.7. The molecule has 5 atom stereocenters. The molecule has 1 amide bonds. The zero-order valence-corrected chi connectivity index (χ0v) is 26.5. The van der Waals surface area contributed by atoms with E-state index >= 15 is 4.39 Å². The standard InChI is InChI=1S/C31H37ClFN6O2P/c1-8-26(40)37-16-21(6)38(17-20(37)5)31-23-15-24(32)28(22-11-9-10-12-25(22)33)35-30(23)39(42(7,41)36-31)29-19(4)13-14-34-27(29)18(2)3/h8-15,18,20-21,27,29H,1,16-17H2,2-7H3/t20-,21+,27?,29?,42+/m1/s1. The van der Waals surface area contributed by atoms with Gasteiger partial charge >= 0.3 is 0 Å². The maximum Gasteiger partial charge on any atom is 0.281 e. The van der Waals surface area contributed by atoms with Gasteiger partial charge in [0.2, 0.25) is 5.91 Å². The molecule has 1 fully saturated rings. The van der Waals surface area contributed by atoms with Gasteiger partial charge in [0, 0.05) is 43.6 Å². The number of aliphatic imine (C=N–C) groups is 1. The maximum atomic E-state index is 15.0. The van der Waals surface area contributed by atoms with E-state index in [2.05, 4.69) is 25.3 Å². The van der Waals surface area contributed by atoms with Crippen LogP contribution in [0.15, 0.2) is 64.4 Å². The number of carbonyl (C=O) groups is 1. The number of hydrogen-bond acceptors (Lipinski definition) is 5. The molecule has 0 aliphatic carbocycles. The molecule has 1 aromatic heterocycles. The molecule has 2 aromatic rings. The van der Waals surface area contributed by atoms with Crippen LogP contribution in [0.5, 0.6) is 0 Å². The van der Waals surface area contributed by atoms with E-state index in [9.17, 15) is 9.36 Å². The van der Waals surface area contributed by atoms with Crippen molar-refractivity contribution in [3.8, 4) is 11.3 Å². The predicted octanol–water partition coefficient (Wildman–Crippen LogP) is 6.46. The first-order valence-corrected chi connectivity index (χ1v) is 16.6. The van der Waals surface area contributed by atoms with Crippen LogP contribution >= 0.6 is 19.0 Å². The van der Waals surface area contributed by atoms with Crippen LogP contribution in [-0.2, 0) is 9.36 Å². The first-order chi connectivity index (χ1) is 19.9. The van der Waals surface area contributed by atoms with Gasteiger partial charge in [0.1, 0.15) is 17.5 Å². The van der Waals surface area contributed by atoms with Gasteiger partial charge in [-0.3, -0.25) is 19.0 Å². The Hall–Kier alpha value is -3.29. The second kappa shape index (κ2) is 11.4. The molecule has 1 saturated heterocycles. The number of carbonyl (C=O) groups excluding carboxylic acids is 1. The number of pyridine rings is 1. The number of aromatic nitrogens is 1. The lowest BCUT2D eigenvalue weighted by Crippen LogP contribution is -2.60. The van der Waals surface area contributed by atoms with Gasteiger partial charge in [-0.05, 0) is 62.6 Å². The molecular formula is C31H37ClFN6O2P. The fraction of sp³-hybridized carbons (Fsp3) is 0.419. The number of benzene rings is 1. The first-order valence-electron chi connectivity index (χ1n) is 14.2. The van der Waals surface area contributed by atoms with E-state index in [-0.39, 0.29) is 52.3 Å². The lowest BCUT2D eigenvalue weighted by molar-refractivity contribution is -0.130. The summed E-state index contributed by atoms with van der Waals surface area (Å²) < 4.78 is 36.6. The van der Waals surface area contributed by atoms with Gasteiger partial charge in [0.05, 0.1) is 28.4 Å². The number of amides is 1. The Morgan fingerprint density at radius 1 is 1.19 bits per heavy atom. The van der Waals surface area contributed by atoms with Crippen LogP contribution in [0.1, 0.15) is 40.2 Å². The van der Waals surface area contributed by atoms with Crippen molar-refractivity contribution >= 4 is 42.8 Å². The highest BCUT2D eigenvalue weighted by molar-refractivity contribution is 7.63. The summed E-state index contributed by atoms with van der Waals surface area (Å²) in [6.07, 6.45) is 5.05. The molecule has 2 unspecified atom stereocenters. The van der Waals surface area contributed by atoms with Crippen LogP contribution < -0.4 is 4.67 Å². The average Bonchev–Trinajstić information content (AvgIpc) is 2.94. The van der Waals surface area contributed by atoms with Crippen molar-refractivity contribution in [3.63, 3.8) is 0 Å². The quantitative estimate of drug-likeness (QED) is 0.293. The van der Waals surface area contributed by atoms with Crippen molar-refractivity contribution in [2.24, 2.45) is 15.7 Å². The molecule has 42 heavy (non-hydrogen) atoms. The Kier molecular flexibility index (Phi) is 8.20. The molecule has 0 saturated carbocycles. The van der Waals surface area contributed by atoms with E-state index in [0.29, 0.717) is 30.3 Å². The summed E-state index contributed by atoms with van der Waals surface area (Å²) in [5, 5.41) is 0.259. The molecule has 8 nitrogen and oxygen atoms in total. The van der Waals surface area contributed by atoms with Crippen LogP contribution in [-0.4, -0.2) is 76.7 Å². The molecule has 5 rings (SSSR count). The third-order valence-corrected chi connectivity index (χ3v) is 10.4. The number of amidine groups is 1. The number of rotatable bonds is 4. The minimum Gasteiger partial charge on any atom is -0.349 e. The van der Waals surface area contributed by atoms with Crippen LogP contribution in [0.4, 0.5) is 10.2 Å². The number of dihydropyridines is 1. The molecule has 3 aliphatic rings. The molecule has 222 valence electrons. The highest BCUT2D eigenvalue weighted by Crippen LogP contribution is 2.58. The molecule has 0 spiro atoms. The zero-order chi connectivity index (χ0) is 30.5. The van der Waals surface area contributed by atoms with E-state index in [1.807, 2.05) is 26.8 Å². The molecule has 0 radical (unpaired) electrons. The molecule has 4 heterocycles. The second-order valence-corrected chi connectivity index (χ2v) is 14.4. The number of anilines is 1. The third kappa shape index (κ3) is 5.22. The number of allylic oxidation sites excluding steroid dienone is 1. The number of fused-ring (bicyclic) bond motifs is 1. The van der Waals surface area contributed by atoms with Crippen molar-refractivity contribution < 1.29 is 13.8 Å². The normalized spacial score (nSPS) is 27.5. The number of hydrogen-bond donors (Lipinski definition) is 0. The number of nitrogens with zero attached hydrogens (tertiary/aromatic N) is 6. The molecule has 1 aromatic carbocycles. The summed E-state index contributed by atoms with van der Waals surface area (Å²) in [5.41, 5.74) is 2.12. The van der Waals surface area contributed by atoms with Crippen molar-refractivity contribution in [2.45, 2.75) is 58.8 Å². The Labute approximate surface area is 252 Å². The van der Waals surface area contributed by atoms with Gasteiger partial charge in [0.25, 0.3) is 7.44 Å². The van der Waals surface area contributed by atoms with Crippen LogP contribution in [0.2, 0.25) is 5.02 Å². The first kappa shape index (κ1) is 30.2. The van der Waals surface area contributed by atoms with Gasteiger partial charge in [-0.1, -0.05) is 44.2 Å². The van der Waals surface area contributed by atoms with Gasteiger partial charge in [0.15, 0.2) is 0 Å². The van der Waals surface area contributed by atoms with Crippen molar-refractivity contribution in [3.05, 3.63) is 71.0 Å². The summed E-state index contributed by atoms with van der Waals surface area (Å²) >= 11 is 6.84. The van der Waals surface area contributed by atoms with Gasteiger partial charge in [-0.15, -0.1) is 0 Å². The molecular weight excluding hydrogens is 574 g/mol. The Bertz CT molecular complexity index is 1570. The smallest absolute Gasteiger partial charge is 0.281 e. The fourth-order valence-electron chi connectivity index (χ4n) is 6.12. The van der Waals surface area contributed by atoms with Gasteiger partial charge < -0.3 is 9.80 Å². The number of piperazine rings is 1. The predicted molar refractivity (Wildman–Crippen MR) is 169 cm³/mol. The Morgan fingerprint density at radius 2 is 1.90 bits per heavy atom. The zero-order valence-electron chi connectivity index (χ0n) is 24.8. The topological polar surface area (TPSA) is 81.5 Å². The van der Waals surface area contributed by atoms with Gasteiger partial charge in [-0.2, -0.15) is 4.76 Å². The summed E-state index contributed by atoms with van der Waals surface area (Å²) in [7, 11) is -3.49. The average molecular weight is 611 g/mol. The fourth-order valence-corrected chi connectivity index (χ4v) is 8.33. The minimum atomic E-state index is -3.49. The van der Waals surface area contributed by atoms with E-state index in [1.165, 1.54) is 12.1 Å². The molecule has 3 aliphatic heterocycles. The highest BCUT2D eigenvalue weighted by atomic mass is 35.5. The van der Waals surface area contributed by atoms with E-state index in [4.69, 9.17) is 26.3 Å². The third-order valence-electron chi connectivity index (χ3n) is 8.27. The van der Waals surface area contributed by atoms with Crippen LogP contribution in [0.25, 0.3) is 11.3 Å². The Morgan fingerprint density at radius 3 is 2.57 bits per heavy atom. The van der Waals surface area contributed by atoms with Crippen LogP contribution in [0, 0.1) is 11.7 Å². The minimum absolute atomic E-state index is 0.133. The lowest BCUT2D eigenvalue weighted by Gasteiger charge is -2.48. The molecule has 0 bridgehead atoms. The van der Waals surface area contributed by atoms with Crippen LogP contribution in [0.3, 0.4) is 0 Å². The highest BCUT2D eigenvalue weighted by Gasteiger charge is 2.46. The summed E-state index contributed by atoms with van der Waals surface area (Å²) in [4.78, 5) is 26.1. The monoisotopic (exact) mass is 610 g/mol. The summed E-state index contributed by atoms with van der Waals surface area (Å²) in [6, 6.07) is 7.24. The van der Waals surface area contributed by atoms with Crippen molar-refractivity contribution in [1.29, 1.82) is 0 Å². The Balaban J connectivity index is 1.72. The van der Waals surface area contributed by atoms with E-state index < -0.39 is 13.3 Å². The number of halogens is 2. The summed E-state index contributed by atoms with van der Waals surface area (Å²) in [6.45, 7) is 16.3. The van der Waals surface area contributed by atoms with Gasteiger partial charge in [-0.25, -0.2) is 9.37 Å². The van der Waals surface area contributed by atoms with Crippen molar-refractivity contribution in [2.75, 3.05) is 24.4 Å². The largest absolute Gasteiger partial charge is 0.349 e. The molecule has 11 heteroatoms. The van der Waals surface area contributed by atoms with Crippen molar-refractivity contribution in [1.82, 2.24) is 14.8 Å². The summed E-state index contributed by atoms with van der Waals surface area (Å²) in [5.74, 6) is 0.489. The van der Waals surface area contributed by atoms with E-state index in [1.54, 1.807) is 46.7 Å².